The van der Waals surface area contributed by atoms with Gasteiger partial charge in [0.05, 0.1) is 31.5 Å². The molecule has 3 aromatic rings. The Hall–Kier alpha value is -4.98. The number of methoxy groups -OCH3 is 2. The fraction of sp³-hybridized carbons (Fsp3) is 0.278. The number of imide groups is 1. The fourth-order valence-corrected chi connectivity index (χ4v) is 8.31. The summed E-state index contributed by atoms with van der Waals surface area (Å²) in [7, 11) is 2.95. The van der Waals surface area contributed by atoms with Crippen molar-refractivity contribution in [1.29, 1.82) is 0 Å². The predicted molar refractivity (Wildman–Crippen MR) is 161 cm³/mol. The van der Waals surface area contributed by atoms with Gasteiger partial charge in [-0.15, -0.1) is 0 Å². The van der Waals surface area contributed by atoms with Crippen LogP contribution in [0.3, 0.4) is 0 Å². The van der Waals surface area contributed by atoms with E-state index in [1.807, 2.05) is 66.7 Å². The minimum absolute atomic E-state index is 0.0871. The van der Waals surface area contributed by atoms with Crippen molar-refractivity contribution in [2.24, 2.45) is 23.7 Å². The van der Waals surface area contributed by atoms with Crippen molar-refractivity contribution >= 4 is 29.0 Å². The number of hydrogen-bond donors (Lipinski definition) is 2. The summed E-state index contributed by atoms with van der Waals surface area (Å²) >= 11 is 0. The lowest BCUT2D eigenvalue weighted by molar-refractivity contribution is -0.135. The molecular weight excluding hydrogens is 558 g/mol. The number of ether oxygens (including phenoxy) is 2. The molecule has 2 fully saturated rings. The van der Waals surface area contributed by atoms with Gasteiger partial charge in [-0.1, -0.05) is 72.3 Å². The zero-order chi connectivity index (χ0) is 30.7. The standard InChI is InChI=1S/C36H31NO7/c1-43-27-15-21(38)16-28(44-2)31(27)32-22-13-14-23-30(35(42)37-34(23)41)25(22)17-26-33(40)24(19-9-5-3-6-10-19)18-29(39)36(26,32)20-11-7-4-8-12-20/h3-13,15-16,18,23,25-26,30,32,38H,14,17H2,1-2H3,(H,37,41,42)/t23-,25+,26-,30-,32+,36-/m0/s1. The van der Waals surface area contributed by atoms with E-state index in [1.165, 1.54) is 32.4 Å². The molecule has 2 N–H and O–H groups in total. The third kappa shape index (κ3) is 3.83. The summed E-state index contributed by atoms with van der Waals surface area (Å²) in [6.45, 7) is 0. The Morgan fingerprint density at radius 3 is 2.11 bits per heavy atom. The molecule has 44 heavy (non-hydrogen) atoms. The molecule has 8 heteroatoms. The first kappa shape index (κ1) is 27.8. The molecule has 0 unspecified atom stereocenters. The van der Waals surface area contributed by atoms with Gasteiger partial charge in [0.25, 0.3) is 0 Å². The summed E-state index contributed by atoms with van der Waals surface area (Å²) in [4.78, 5) is 56.0. The number of phenols is 1. The largest absolute Gasteiger partial charge is 0.508 e. The molecule has 222 valence electrons. The second-order valence-electron chi connectivity index (χ2n) is 11.9. The topological polar surface area (TPSA) is 119 Å². The van der Waals surface area contributed by atoms with Crippen molar-refractivity contribution < 1.29 is 33.8 Å². The number of aromatic hydroxyl groups is 1. The van der Waals surface area contributed by atoms with Gasteiger partial charge < -0.3 is 14.6 Å². The van der Waals surface area contributed by atoms with Gasteiger partial charge in [0.1, 0.15) is 17.2 Å². The van der Waals surface area contributed by atoms with Gasteiger partial charge in [0.2, 0.25) is 11.8 Å². The Bertz CT molecular complexity index is 1750. The summed E-state index contributed by atoms with van der Waals surface area (Å²) in [6.07, 6.45) is 3.95. The number of carbonyl (C=O) groups excluding carboxylic acids is 4. The number of nitrogens with one attached hydrogen (secondary N) is 1. The molecule has 3 aromatic carbocycles. The number of phenolic OH excluding ortho intramolecular Hbond substituents is 1. The van der Waals surface area contributed by atoms with Gasteiger partial charge in [0, 0.05) is 35.1 Å². The zero-order valence-electron chi connectivity index (χ0n) is 24.3. The summed E-state index contributed by atoms with van der Waals surface area (Å²) in [6, 6.07) is 21.3. The average Bonchev–Trinajstić information content (AvgIpc) is 3.35. The lowest BCUT2D eigenvalue weighted by atomic mass is 9.44. The molecule has 1 aliphatic heterocycles. The average molecular weight is 590 g/mol. The monoisotopic (exact) mass is 589 g/mol. The number of ketones is 2. The van der Waals surface area contributed by atoms with Crippen molar-refractivity contribution in [3.8, 4) is 17.2 Å². The number of rotatable bonds is 5. The van der Waals surface area contributed by atoms with Crippen molar-refractivity contribution in [3.05, 3.63) is 107 Å². The minimum atomic E-state index is -1.43. The molecule has 0 aromatic heterocycles. The summed E-state index contributed by atoms with van der Waals surface area (Å²) in [5.74, 6) is -4.06. The number of fused-ring (bicyclic) bond motifs is 4. The van der Waals surface area contributed by atoms with Crippen LogP contribution in [-0.2, 0) is 24.6 Å². The van der Waals surface area contributed by atoms with Crippen LogP contribution in [0.4, 0.5) is 0 Å². The van der Waals surface area contributed by atoms with Crippen LogP contribution in [0.1, 0.15) is 35.4 Å². The highest BCUT2D eigenvalue weighted by molar-refractivity contribution is 6.31. The summed E-state index contributed by atoms with van der Waals surface area (Å²) in [5, 5.41) is 13.1. The van der Waals surface area contributed by atoms with E-state index in [2.05, 4.69) is 5.32 Å². The van der Waals surface area contributed by atoms with Gasteiger partial charge in [-0.3, -0.25) is 24.5 Å². The number of allylic oxidation sites excluding steroid dienone is 4. The molecule has 7 rings (SSSR count). The quantitative estimate of drug-likeness (QED) is 0.332. The van der Waals surface area contributed by atoms with Crippen LogP contribution in [0.25, 0.3) is 5.57 Å². The molecule has 8 nitrogen and oxygen atoms in total. The Morgan fingerprint density at radius 1 is 0.841 bits per heavy atom. The van der Waals surface area contributed by atoms with Gasteiger partial charge in [0.15, 0.2) is 11.6 Å². The molecule has 1 heterocycles. The van der Waals surface area contributed by atoms with Crippen LogP contribution in [0.2, 0.25) is 0 Å². The SMILES string of the molecule is COc1cc(O)cc(OC)c1[C@H]1C2=CC[C@@H]3C(=O)NC(=O)[C@@H]3[C@@H]2C[C@H]2C(=O)C(c3ccccc3)=CC(=O)[C@@]12c1ccccc1. The van der Waals surface area contributed by atoms with E-state index in [4.69, 9.17) is 9.47 Å². The van der Waals surface area contributed by atoms with Crippen LogP contribution >= 0.6 is 0 Å². The van der Waals surface area contributed by atoms with E-state index in [9.17, 15) is 19.5 Å². The van der Waals surface area contributed by atoms with Crippen LogP contribution in [-0.4, -0.2) is 42.7 Å². The van der Waals surface area contributed by atoms with E-state index < -0.39 is 35.0 Å². The van der Waals surface area contributed by atoms with Gasteiger partial charge >= 0.3 is 0 Å². The van der Waals surface area contributed by atoms with E-state index in [0.717, 1.165) is 5.57 Å². The van der Waals surface area contributed by atoms with Crippen LogP contribution in [0.5, 0.6) is 17.2 Å². The lowest BCUT2D eigenvalue weighted by Crippen LogP contribution is -2.59. The summed E-state index contributed by atoms with van der Waals surface area (Å²) in [5.41, 5.74) is 1.47. The predicted octanol–water partition coefficient (Wildman–Crippen LogP) is 4.52. The Labute approximate surface area is 254 Å². The first-order valence-electron chi connectivity index (χ1n) is 14.7. The molecule has 0 bridgehead atoms. The van der Waals surface area contributed by atoms with Crippen molar-refractivity contribution in [2.75, 3.05) is 14.2 Å². The van der Waals surface area contributed by atoms with E-state index in [1.54, 1.807) is 0 Å². The Kier molecular flexibility index (Phi) is 6.53. The smallest absolute Gasteiger partial charge is 0.231 e. The van der Waals surface area contributed by atoms with Crippen molar-refractivity contribution in [1.82, 2.24) is 5.32 Å². The molecule has 4 aliphatic rings. The third-order valence-electron chi connectivity index (χ3n) is 10.0. The normalized spacial score (nSPS) is 29.1. The van der Waals surface area contributed by atoms with E-state index >= 15 is 4.79 Å². The van der Waals surface area contributed by atoms with E-state index in [-0.39, 0.29) is 47.1 Å². The number of Topliss-reactive ketones (excluding diaryl/α,β-unsaturated/α-hetero) is 1. The highest BCUT2D eigenvalue weighted by atomic mass is 16.5. The molecule has 1 saturated heterocycles. The highest BCUT2D eigenvalue weighted by Gasteiger charge is 2.66. The third-order valence-corrected chi connectivity index (χ3v) is 10.0. The van der Waals surface area contributed by atoms with Gasteiger partial charge in [-0.2, -0.15) is 0 Å². The maximum absolute atomic E-state index is 15.0. The van der Waals surface area contributed by atoms with Gasteiger partial charge in [-0.25, -0.2) is 0 Å². The van der Waals surface area contributed by atoms with Crippen molar-refractivity contribution in [3.63, 3.8) is 0 Å². The lowest BCUT2D eigenvalue weighted by Gasteiger charge is -2.55. The van der Waals surface area contributed by atoms with Crippen molar-refractivity contribution in [2.45, 2.75) is 24.2 Å². The minimum Gasteiger partial charge on any atom is -0.508 e. The number of benzene rings is 3. The molecule has 3 aliphatic carbocycles. The molecule has 0 radical (unpaired) electrons. The summed E-state index contributed by atoms with van der Waals surface area (Å²) < 4.78 is 11.7. The molecule has 2 amide bonds. The first-order valence-corrected chi connectivity index (χ1v) is 14.7. The van der Waals surface area contributed by atoms with Crippen LogP contribution in [0.15, 0.2) is 90.5 Å². The number of amides is 2. The Morgan fingerprint density at radius 2 is 1.48 bits per heavy atom. The first-order chi connectivity index (χ1) is 21.3. The van der Waals surface area contributed by atoms with Crippen LogP contribution < -0.4 is 14.8 Å². The van der Waals surface area contributed by atoms with Crippen LogP contribution in [0, 0.1) is 23.7 Å². The highest BCUT2D eigenvalue weighted by Crippen LogP contribution is 2.65. The fourth-order valence-electron chi connectivity index (χ4n) is 8.31. The Balaban J connectivity index is 1.58. The molecule has 0 spiro atoms. The van der Waals surface area contributed by atoms with Gasteiger partial charge in [-0.05, 0) is 36.0 Å². The second kappa shape index (κ2) is 10.3. The molecular formula is C36H31NO7. The number of hydrogen-bond acceptors (Lipinski definition) is 7. The maximum Gasteiger partial charge on any atom is 0.231 e. The number of carbonyl (C=O) groups is 4. The second-order valence-corrected chi connectivity index (χ2v) is 11.9. The van der Waals surface area contributed by atoms with E-state index in [0.29, 0.717) is 28.7 Å². The molecule has 6 atom stereocenters. The maximum atomic E-state index is 15.0. The zero-order valence-corrected chi connectivity index (χ0v) is 24.3. The molecule has 1 saturated carbocycles.